The van der Waals surface area contributed by atoms with E-state index in [2.05, 4.69) is 10.6 Å². The molecular weight excluding hydrogens is 380 g/mol. The van der Waals surface area contributed by atoms with E-state index in [1.54, 1.807) is 42.5 Å². The molecule has 0 unspecified atom stereocenters. The van der Waals surface area contributed by atoms with E-state index in [0.29, 0.717) is 29.3 Å². The molecule has 6 nitrogen and oxygen atoms in total. The van der Waals surface area contributed by atoms with Crippen LogP contribution in [0.15, 0.2) is 54.6 Å². The Balaban J connectivity index is 1.50. The number of cyclic esters (lactones) is 1. The molecule has 1 atom stereocenters. The van der Waals surface area contributed by atoms with Crippen molar-refractivity contribution in [3.05, 3.63) is 70.8 Å². The van der Waals surface area contributed by atoms with Crippen molar-refractivity contribution in [3.8, 4) is 0 Å². The van der Waals surface area contributed by atoms with Crippen LogP contribution in [-0.4, -0.2) is 36.9 Å². The Hall–Kier alpha value is -3.12. The Bertz CT molecular complexity index is 892. The van der Waals surface area contributed by atoms with Crippen LogP contribution < -0.4 is 10.6 Å². The number of anilines is 1. The van der Waals surface area contributed by atoms with Crippen LogP contribution in [0.3, 0.4) is 0 Å². The van der Waals surface area contributed by atoms with Crippen molar-refractivity contribution in [3.63, 3.8) is 0 Å². The third kappa shape index (κ3) is 5.44. The molecule has 1 aliphatic rings. The van der Waals surface area contributed by atoms with E-state index in [4.69, 9.17) is 16.3 Å². The van der Waals surface area contributed by atoms with Gasteiger partial charge in [-0.3, -0.25) is 9.59 Å². The predicted molar refractivity (Wildman–Crippen MR) is 107 cm³/mol. The fourth-order valence-electron chi connectivity index (χ4n) is 2.65. The maximum atomic E-state index is 12.2. The summed E-state index contributed by atoms with van der Waals surface area (Å²) in [6.07, 6.45) is 3.72. The number of esters is 1. The van der Waals surface area contributed by atoms with Gasteiger partial charge in [-0.15, -0.1) is 0 Å². The highest BCUT2D eigenvalue weighted by atomic mass is 35.5. The molecule has 7 heteroatoms. The Morgan fingerprint density at radius 3 is 2.46 bits per heavy atom. The smallest absolute Gasteiger partial charge is 0.328 e. The Labute approximate surface area is 167 Å². The van der Waals surface area contributed by atoms with Crippen molar-refractivity contribution in [2.24, 2.45) is 0 Å². The van der Waals surface area contributed by atoms with Gasteiger partial charge < -0.3 is 15.4 Å². The maximum absolute atomic E-state index is 12.2. The molecule has 2 N–H and O–H groups in total. The zero-order valence-electron chi connectivity index (χ0n) is 15.0. The summed E-state index contributed by atoms with van der Waals surface area (Å²) in [5.41, 5.74) is 2.12. The van der Waals surface area contributed by atoms with E-state index in [1.807, 2.05) is 12.1 Å². The van der Waals surface area contributed by atoms with Gasteiger partial charge >= 0.3 is 5.97 Å². The van der Waals surface area contributed by atoms with Crippen LogP contribution in [0.4, 0.5) is 5.69 Å². The molecule has 0 radical (unpaired) electrons. The molecule has 144 valence electrons. The molecule has 0 aliphatic carbocycles. The number of allylic oxidation sites excluding steroid dienone is 1. The van der Waals surface area contributed by atoms with E-state index in [9.17, 15) is 14.4 Å². The Morgan fingerprint density at radius 2 is 1.82 bits per heavy atom. The van der Waals surface area contributed by atoms with Gasteiger partial charge in [0.15, 0.2) is 5.78 Å². The van der Waals surface area contributed by atoms with Crippen LogP contribution in [-0.2, 0) is 14.3 Å². The number of halogens is 1. The number of benzene rings is 2. The van der Waals surface area contributed by atoms with E-state index < -0.39 is 12.0 Å². The summed E-state index contributed by atoms with van der Waals surface area (Å²) in [5, 5.41) is 6.22. The standard InChI is InChI=1S/C21H19ClN2O4/c22-16-6-1-14(2-7-16)3-10-19(25)15-4-8-17(9-5-15)23-13-20(26)24-18-11-12-28-21(18)27/h1-10,18,23H,11-13H2,(H,24,26)/b10-3+/t18-/m0/s1. The number of nitrogens with one attached hydrogen (secondary N) is 2. The lowest BCUT2D eigenvalue weighted by Crippen LogP contribution is -2.40. The lowest BCUT2D eigenvalue weighted by molar-refractivity contribution is -0.141. The van der Waals surface area contributed by atoms with Gasteiger partial charge in [0.2, 0.25) is 5.91 Å². The summed E-state index contributed by atoms with van der Waals surface area (Å²) in [5.74, 6) is -0.822. The number of carbonyl (C=O) groups is 3. The first-order valence-corrected chi connectivity index (χ1v) is 9.17. The minimum atomic E-state index is -0.568. The van der Waals surface area contributed by atoms with Gasteiger partial charge in [-0.1, -0.05) is 29.8 Å². The lowest BCUT2D eigenvalue weighted by atomic mass is 10.1. The van der Waals surface area contributed by atoms with Gasteiger partial charge in [0.1, 0.15) is 6.04 Å². The van der Waals surface area contributed by atoms with Crippen molar-refractivity contribution in [2.45, 2.75) is 12.5 Å². The van der Waals surface area contributed by atoms with Gasteiger partial charge in [0, 0.05) is 22.7 Å². The lowest BCUT2D eigenvalue weighted by Gasteiger charge is -2.10. The summed E-state index contributed by atoms with van der Waals surface area (Å²) in [4.78, 5) is 35.5. The predicted octanol–water partition coefficient (Wildman–Crippen LogP) is 3.08. The zero-order valence-corrected chi connectivity index (χ0v) is 15.7. The third-order valence-corrected chi connectivity index (χ3v) is 4.44. The fraction of sp³-hybridized carbons (Fsp3) is 0.190. The minimum absolute atomic E-state index is 0.0214. The number of ether oxygens (including phenoxy) is 1. The third-order valence-electron chi connectivity index (χ3n) is 4.19. The van der Waals surface area contributed by atoms with E-state index >= 15 is 0 Å². The normalized spacial score (nSPS) is 16.0. The molecule has 0 spiro atoms. The molecule has 28 heavy (non-hydrogen) atoms. The topological polar surface area (TPSA) is 84.5 Å². The van der Waals surface area contributed by atoms with Crippen LogP contribution in [0.1, 0.15) is 22.3 Å². The number of carbonyl (C=O) groups excluding carboxylic acids is 3. The molecule has 1 heterocycles. The fourth-order valence-corrected chi connectivity index (χ4v) is 2.77. The van der Waals surface area contributed by atoms with Crippen molar-refractivity contribution in [1.29, 1.82) is 0 Å². The second kappa shape index (κ2) is 9.19. The molecule has 3 rings (SSSR count). The van der Waals surface area contributed by atoms with Crippen LogP contribution in [0.2, 0.25) is 5.02 Å². The molecular formula is C21H19ClN2O4. The summed E-state index contributed by atoms with van der Waals surface area (Å²) >= 11 is 5.84. The van der Waals surface area contributed by atoms with Crippen LogP contribution in [0.25, 0.3) is 6.08 Å². The highest BCUT2D eigenvalue weighted by molar-refractivity contribution is 6.30. The number of hydrogen-bond acceptors (Lipinski definition) is 5. The Kier molecular flexibility index (Phi) is 6.45. The summed E-state index contributed by atoms with van der Waals surface area (Å²) in [6, 6.07) is 13.4. The molecule has 1 saturated heterocycles. The first-order valence-electron chi connectivity index (χ1n) is 8.79. The average molecular weight is 399 g/mol. The second-order valence-corrected chi connectivity index (χ2v) is 6.69. The molecule has 2 aromatic rings. The molecule has 0 saturated carbocycles. The highest BCUT2D eigenvalue weighted by Crippen LogP contribution is 2.13. The van der Waals surface area contributed by atoms with Gasteiger partial charge in [0.05, 0.1) is 13.2 Å². The minimum Gasteiger partial charge on any atom is -0.464 e. The second-order valence-electron chi connectivity index (χ2n) is 6.26. The van der Waals surface area contributed by atoms with E-state index in [1.165, 1.54) is 6.08 Å². The largest absolute Gasteiger partial charge is 0.464 e. The summed E-state index contributed by atoms with van der Waals surface area (Å²) in [7, 11) is 0. The van der Waals surface area contributed by atoms with E-state index in [0.717, 1.165) is 5.56 Å². The van der Waals surface area contributed by atoms with Crippen LogP contribution >= 0.6 is 11.6 Å². The molecule has 2 aromatic carbocycles. The summed E-state index contributed by atoms with van der Waals surface area (Å²) < 4.78 is 4.80. The molecule has 1 amide bonds. The quantitative estimate of drug-likeness (QED) is 0.425. The number of ketones is 1. The van der Waals surface area contributed by atoms with Crippen molar-refractivity contribution in [2.75, 3.05) is 18.5 Å². The molecule has 1 aliphatic heterocycles. The number of rotatable bonds is 7. The first kappa shape index (κ1) is 19.6. The van der Waals surface area contributed by atoms with Crippen LogP contribution in [0, 0.1) is 0 Å². The SMILES string of the molecule is O=C(CNc1ccc(C(=O)/C=C/c2ccc(Cl)cc2)cc1)N[C@H]1CCOC1=O. The molecule has 0 bridgehead atoms. The molecule has 0 aromatic heterocycles. The number of hydrogen-bond donors (Lipinski definition) is 2. The molecule has 1 fully saturated rings. The average Bonchev–Trinajstić information content (AvgIpc) is 3.10. The zero-order chi connectivity index (χ0) is 19.9. The van der Waals surface area contributed by atoms with E-state index in [-0.39, 0.29) is 18.2 Å². The maximum Gasteiger partial charge on any atom is 0.328 e. The Morgan fingerprint density at radius 1 is 1.11 bits per heavy atom. The van der Waals surface area contributed by atoms with Gasteiger partial charge in [-0.05, 0) is 48.0 Å². The summed E-state index contributed by atoms with van der Waals surface area (Å²) in [6.45, 7) is 0.354. The van der Waals surface area contributed by atoms with Crippen molar-refractivity contribution < 1.29 is 19.1 Å². The van der Waals surface area contributed by atoms with Gasteiger partial charge in [-0.2, -0.15) is 0 Å². The van der Waals surface area contributed by atoms with Gasteiger partial charge in [-0.25, -0.2) is 4.79 Å². The van der Waals surface area contributed by atoms with Crippen LogP contribution in [0.5, 0.6) is 0 Å². The first-order chi connectivity index (χ1) is 13.5. The monoisotopic (exact) mass is 398 g/mol. The van der Waals surface area contributed by atoms with Gasteiger partial charge in [0.25, 0.3) is 0 Å². The van der Waals surface area contributed by atoms with Crippen molar-refractivity contribution >= 4 is 41.0 Å². The highest BCUT2D eigenvalue weighted by Gasteiger charge is 2.27. The van der Waals surface area contributed by atoms with Crippen molar-refractivity contribution in [1.82, 2.24) is 5.32 Å². The number of amides is 1.